The van der Waals surface area contributed by atoms with Gasteiger partial charge in [-0.1, -0.05) is 26.8 Å². The Labute approximate surface area is 166 Å². The summed E-state index contributed by atoms with van der Waals surface area (Å²) in [7, 11) is 0. The minimum Gasteiger partial charge on any atom is -0.400 e. The van der Waals surface area contributed by atoms with Crippen molar-refractivity contribution in [2.75, 3.05) is 5.75 Å². The number of H-pyrrole nitrogens is 1. The van der Waals surface area contributed by atoms with Gasteiger partial charge in [-0.2, -0.15) is 0 Å². The van der Waals surface area contributed by atoms with E-state index >= 15 is 0 Å². The number of hydrogen-bond donors (Lipinski definition) is 2. The van der Waals surface area contributed by atoms with Crippen LogP contribution in [0.3, 0.4) is 0 Å². The fraction of sp³-hybridized carbons (Fsp3) is 0.421. The first-order chi connectivity index (χ1) is 13.1. The normalized spacial score (nSPS) is 13.0. The van der Waals surface area contributed by atoms with Gasteiger partial charge in [-0.3, -0.25) is 9.89 Å². The van der Waals surface area contributed by atoms with E-state index in [2.05, 4.69) is 36.1 Å². The molecule has 28 heavy (non-hydrogen) atoms. The monoisotopic (exact) mass is 403 g/mol. The molecular formula is C19H25N5O3S. The minimum atomic E-state index is -1.53. The molecule has 9 heteroatoms. The topological polar surface area (TPSA) is 115 Å². The number of nitrogens with zero attached hydrogens (tertiary/aromatic N) is 3. The van der Waals surface area contributed by atoms with Crippen LogP contribution in [0.5, 0.6) is 5.75 Å². The number of hydrogen-bond acceptors (Lipinski definition) is 5. The van der Waals surface area contributed by atoms with Crippen molar-refractivity contribution in [1.82, 2.24) is 19.8 Å². The Balaban J connectivity index is 1.60. The van der Waals surface area contributed by atoms with Crippen molar-refractivity contribution < 1.29 is 13.2 Å². The molecule has 0 radical (unpaired) electrons. The van der Waals surface area contributed by atoms with Gasteiger partial charge in [0.05, 0.1) is 5.75 Å². The Morgan fingerprint density at radius 1 is 1.29 bits per heavy atom. The molecule has 0 saturated heterocycles. The van der Waals surface area contributed by atoms with Gasteiger partial charge in [-0.05, 0) is 31.0 Å². The van der Waals surface area contributed by atoms with E-state index in [1.54, 1.807) is 12.1 Å². The number of rotatable bonds is 7. The van der Waals surface area contributed by atoms with Gasteiger partial charge in [-0.15, -0.1) is 10.2 Å². The number of aryl methyl sites for hydroxylation is 2. The molecule has 0 saturated carbocycles. The largest absolute Gasteiger partial charge is 0.400 e. The highest BCUT2D eigenvalue weighted by atomic mass is 32.2. The van der Waals surface area contributed by atoms with E-state index in [0.29, 0.717) is 29.9 Å². The van der Waals surface area contributed by atoms with E-state index < -0.39 is 17.0 Å². The molecule has 0 aliphatic carbocycles. The SMILES string of the molecule is Cc1ccc(C(N)=O)cc1OS(=O)CCCc1nnc2cc(C(C)(C)C)[nH]n12. The Morgan fingerprint density at radius 3 is 2.71 bits per heavy atom. The molecule has 1 aromatic carbocycles. The lowest BCUT2D eigenvalue weighted by Gasteiger charge is -2.15. The lowest BCUT2D eigenvalue weighted by atomic mass is 9.93. The second-order valence-electron chi connectivity index (χ2n) is 7.77. The zero-order chi connectivity index (χ0) is 20.5. The molecule has 1 unspecified atom stereocenters. The van der Waals surface area contributed by atoms with Crippen molar-refractivity contribution in [3.8, 4) is 5.75 Å². The van der Waals surface area contributed by atoms with Gasteiger partial charge in [0.1, 0.15) is 5.75 Å². The molecule has 1 amide bonds. The Kier molecular flexibility index (Phi) is 5.55. The number of carbonyl (C=O) groups is 1. The van der Waals surface area contributed by atoms with Crippen molar-refractivity contribution in [1.29, 1.82) is 0 Å². The van der Waals surface area contributed by atoms with Crippen LogP contribution in [-0.4, -0.2) is 35.7 Å². The molecule has 2 aromatic heterocycles. The highest BCUT2D eigenvalue weighted by molar-refractivity contribution is 7.80. The van der Waals surface area contributed by atoms with Gasteiger partial charge < -0.3 is 9.92 Å². The van der Waals surface area contributed by atoms with Crippen LogP contribution in [0.4, 0.5) is 0 Å². The molecule has 8 nitrogen and oxygen atoms in total. The summed E-state index contributed by atoms with van der Waals surface area (Å²) in [6.07, 6.45) is 1.23. The fourth-order valence-corrected chi connectivity index (χ4v) is 3.55. The van der Waals surface area contributed by atoms with Crippen LogP contribution in [0.2, 0.25) is 0 Å². The number of fused-ring (bicyclic) bond motifs is 1. The summed E-state index contributed by atoms with van der Waals surface area (Å²) >= 11 is -1.53. The first-order valence-electron chi connectivity index (χ1n) is 9.06. The van der Waals surface area contributed by atoms with Crippen LogP contribution >= 0.6 is 0 Å². The first-order valence-corrected chi connectivity index (χ1v) is 10.3. The summed E-state index contributed by atoms with van der Waals surface area (Å²) in [4.78, 5) is 11.3. The number of carbonyl (C=O) groups excluding carboxylic acids is 1. The number of aromatic nitrogens is 4. The third kappa shape index (κ3) is 4.41. The van der Waals surface area contributed by atoms with Gasteiger partial charge in [-0.25, -0.2) is 8.72 Å². The average molecular weight is 404 g/mol. The summed E-state index contributed by atoms with van der Waals surface area (Å²) in [5, 5.41) is 11.7. The molecular weight excluding hydrogens is 378 g/mol. The molecule has 3 aromatic rings. The van der Waals surface area contributed by atoms with Gasteiger partial charge in [0.2, 0.25) is 17.0 Å². The minimum absolute atomic E-state index is 0.00931. The van der Waals surface area contributed by atoms with Crippen molar-refractivity contribution in [2.45, 2.75) is 46.0 Å². The Hall–Kier alpha value is -2.68. The highest BCUT2D eigenvalue weighted by Gasteiger charge is 2.19. The van der Waals surface area contributed by atoms with Crippen molar-refractivity contribution in [2.24, 2.45) is 5.73 Å². The number of benzene rings is 1. The number of nitrogens with one attached hydrogen (secondary N) is 1. The second kappa shape index (κ2) is 7.75. The predicted molar refractivity (Wildman–Crippen MR) is 108 cm³/mol. The van der Waals surface area contributed by atoms with Crippen molar-refractivity contribution in [3.63, 3.8) is 0 Å². The van der Waals surface area contributed by atoms with Crippen molar-refractivity contribution in [3.05, 3.63) is 46.9 Å². The Morgan fingerprint density at radius 2 is 2.04 bits per heavy atom. The summed E-state index contributed by atoms with van der Waals surface area (Å²) in [6.45, 7) is 8.20. The smallest absolute Gasteiger partial charge is 0.248 e. The van der Waals surface area contributed by atoms with Crippen LogP contribution in [-0.2, 0) is 22.9 Å². The molecule has 3 rings (SSSR count). The first kappa shape index (κ1) is 20.1. The summed E-state index contributed by atoms with van der Waals surface area (Å²) in [6, 6.07) is 6.85. The van der Waals surface area contributed by atoms with Gasteiger partial charge in [0.15, 0.2) is 11.5 Å². The summed E-state index contributed by atoms with van der Waals surface area (Å²) in [5.74, 6) is 0.974. The number of amides is 1. The second-order valence-corrected chi connectivity index (χ2v) is 8.95. The molecule has 2 heterocycles. The maximum atomic E-state index is 12.3. The number of nitrogens with two attached hydrogens (primary N) is 1. The van der Waals surface area contributed by atoms with Gasteiger partial charge in [0.25, 0.3) is 0 Å². The van der Waals surface area contributed by atoms with Crippen LogP contribution in [0.1, 0.15) is 54.6 Å². The zero-order valence-electron chi connectivity index (χ0n) is 16.5. The maximum absolute atomic E-state index is 12.3. The van der Waals surface area contributed by atoms with E-state index in [-0.39, 0.29) is 5.41 Å². The van der Waals surface area contributed by atoms with Crippen LogP contribution in [0.15, 0.2) is 24.3 Å². The number of aromatic amines is 1. The Bertz CT molecular complexity index is 1030. The number of primary amides is 1. The molecule has 0 fully saturated rings. The highest BCUT2D eigenvalue weighted by Crippen LogP contribution is 2.23. The molecule has 0 spiro atoms. The van der Waals surface area contributed by atoms with Crippen LogP contribution in [0, 0.1) is 6.92 Å². The molecule has 0 aliphatic rings. The van der Waals surface area contributed by atoms with E-state index in [1.807, 2.05) is 17.5 Å². The maximum Gasteiger partial charge on any atom is 0.248 e. The summed E-state index contributed by atoms with van der Waals surface area (Å²) in [5.41, 5.74) is 8.24. The quantitative estimate of drug-likeness (QED) is 0.629. The zero-order valence-corrected chi connectivity index (χ0v) is 17.3. The third-order valence-electron chi connectivity index (χ3n) is 4.44. The summed E-state index contributed by atoms with van der Waals surface area (Å²) < 4.78 is 19.7. The van der Waals surface area contributed by atoms with E-state index in [4.69, 9.17) is 9.92 Å². The fourth-order valence-electron chi connectivity index (χ4n) is 2.71. The molecule has 3 N–H and O–H groups in total. The van der Waals surface area contributed by atoms with E-state index in [9.17, 15) is 9.00 Å². The molecule has 150 valence electrons. The average Bonchev–Trinajstić information content (AvgIpc) is 3.18. The lowest BCUT2D eigenvalue weighted by molar-refractivity contribution is 0.1000. The molecule has 0 bridgehead atoms. The van der Waals surface area contributed by atoms with E-state index in [0.717, 1.165) is 22.7 Å². The van der Waals surface area contributed by atoms with Gasteiger partial charge in [0, 0.05) is 29.2 Å². The van der Waals surface area contributed by atoms with Crippen LogP contribution < -0.4 is 9.92 Å². The lowest BCUT2D eigenvalue weighted by Crippen LogP contribution is -2.13. The third-order valence-corrected chi connectivity index (χ3v) is 5.42. The van der Waals surface area contributed by atoms with Crippen molar-refractivity contribution >= 4 is 22.6 Å². The standard InChI is InChI=1S/C19H25N5O3S/c1-12-7-8-13(18(20)25)10-14(12)27-28(26)9-5-6-16-21-22-17-11-15(19(2,3)4)23-24(16)17/h7-8,10-11,23H,5-6,9H2,1-4H3,(H2,20,25). The van der Waals surface area contributed by atoms with E-state index in [1.165, 1.54) is 6.07 Å². The molecule has 1 atom stereocenters. The molecule has 0 aliphatic heterocycles. The van der Waals surface area contributed by atoms with Gasteiger partial charge >= 0.3 is 0 Å². The predicted octanol–water partition coefficient (Wildman–Crippen LogP) is 2.44. The van der Waals surface area contributed by atoms with Crippen LogP contribution in [0.25, 0.3) is 5.65 Å².